The van der Waals surface area contributed by atoms with E-state index in [0.717, 1.165) is 10.9 Å². The number of nitrogens with zero attached hydrogens (tertiary/aromatic N) is 4. The van der Waals surface area contributed by atoms with Gasteiger partial charge in [0.25, 0.3) is 0 Å². The summed E-state index contributed by atoms with van der Waals surface area (Å²) in [6.45, 7) is 3.54. The zero-order valence-corrected chi connectivity index (χ0v) is 30.2. The average molecular weight is 780 g/mol. The molecule has 17 heteroatoms. The van der Waals surface area contributed by atoms with Crippen molar-refractivity contribution in [2.45, 2.75) is 13.8 Å². The molecule has 2 heterocycles. The van der Waals surface area contributed by atoms with Gasteiger partial charge in [-0.15, -0.1) is 0 Å². The summed E-state index contributed by atoms with van der Waals surface area (Å²) in [4.78, 5) is 52.7. The summed E-state index contributed by atoms with van der Waals surface area (Å²) in [6.07, 6.45) is 3.20. The summed E-state index contributed by atoms with van der Waals surface area (Å²) in [6, 6.07) is 22.9. The fourth-order valence-corrected chi connectivity index (χ4v) is 5.51. The van der Waals surface area contributed by atoms with Gasteiger partial charge in [-0.1, -0.05) is 71.2 Å². The molecule has 3 N–H and O–H groups in total. The standard InChI is InChI=1S/C18H14ClN3O4.C9H5Cl2N.C9H10N2O4/c1-2-26-18(23)12-6-4-8-15(17(12)22(24)25)21-14-9-10-20-16-11(14)5-3-7-13(16)19;10-7-4-5-12-9-6(7)2-1-3-8(9)11;1-2-15-9(12)6-4-3-5-7(10)8(6)11(13)14/h3-10H,2H2,1H3,(H,20,21);1-5H;3-5H,2,10H2,1H3. The van der Waals surface area contributed by atoms with Crippen molar-refractivity contribution in [1.82, 2.24) is 9.97 Å². The van der Waals surface area contributed by atoms with Gasteiger partial charge in [-0.3, -0.25) is 30.2 Å². The smallest absolute Gasteiger partial charge is 0.345 e. The number of nitrogens with one attached hydrogen (secondary N) is 1. The second-order valence-corrected chi connectivity index (χ2v) is 11.7. The van der Waals surface area contributed by atoms with Crippen LogP contribution in [0.3, 0.4) is 0 Å². The van der Waals surface area contributed by atoms with E-state index >= 15 is 0 Å². The lowest BCUT2D eigenvalue weighted by atomic mass is 10.1. The zero-order chi connectivity index (χ0) is 38.7. The number of benzene rings is 4. The number of esters is 2. The Morgan fingerprint density at radius 3 is 1.70 bits per heavy atom. The molecule has 14 nitrogen and oxygen atoms in total. The molecule has 0 saturated carbocycles. The monoisotopic (exact) mass is 778 g/mol. The van der Waals surface area contributed by atoms with Gasteiger partial charge in [0.2, 0.25) is 0 Å². The number of carbonyl (C=O) groups is 2. The largest absolute Gasteiger partial charge is 0.462 e. The highest BCUT2D eigenvalue weighted by Gasteiger charge is 2.26. The van der Waals surface area contributed by atoms with Gasteiger partial charge < -0.3 is 20.5 Å². The number of halogens is 3. The van der Waals surface area contributed by atoms with Crippen LogP contribution < -0.4 is 11.1 Å². The van der Waals surface area contributed by atoms with Gasteiger partial charge in [-0.2, -0.15) is 0 Å². The molecular weight excluding hydrogens is 751 g/mol. The van der Waals surface area contributed by atoms with Gasteiger partial charge in [0.15, 0.2) is 0 Å². The van der Waals surface area contributed by atoms with Crippen LogP contribution in [-0.2, 0) is 9.47 Å². The lowest BCUT2D eigenvalue weighted by molar-refractivity contribution is -0.384. The number of hydrogen-bond acceptors (Lipinski definition) is 12. The molecule has 6 aromatic rings. The van der Waals surface area contributed by atoms with E-state index < -0.39 is 27.5 Å². The summed E-state index contributed by atoms with van der Waals surface area (Å²) >= 11 is 18.0. The number of fused-ring (bicyclic) bond motifs is 2. The van der Waals surface area contributed by atoms with E-state index in [9.17, 15) is 29.8 Å². The molecule has 6 rings (SSSR count). The van der Waals surface area contributed by atoms with E-state index in [0.29, 0.717) is 31.7 Å². The summed E-state index contributed by atoms with van der Waals surface area (Å²) < 4.78 is 9.59. The van der Waals surface area contributed by atoms with Crippen molar-refractivity contribution < 1.29 is 28.9 Å². The van der Waals surface area contributed by atoms with E-state index in [2.05, 4.69) is 20.0 Å². The quantitative estimate of drug-likeness (QED) is 0.0642. The van der Waals surface area contributed by atoms with Crippen molar-refractivity contribution in [3.63, 3.8) is 0 Å². The van der Waals surface area contributed by atoms with Crippen molar-refractivity contribution in [2.24, 2.45) is 0 Å². The van der Waals surface area contributed by atoms with E-state index in [-0.39, 0.29) is 41.4 Å². The van der Waals surface area contributed by atoms with Gasteiger partial charge in [0.05, 0.1) is 49.2 Å². The van der Waals surface area contributed by atoms with Crippen molar-refractivity contribution in [3.05, 3.63) is 144 Å². The van der Waals surface area contributed by atoms with Crippen LogP contribution in [0.2, 0.25) is 15.1 Å². The molecule has 0 unspecified atom stereocenters. The van der Waals surface area contributed by atoms with Gasteiger partial charge >= 0.3 is 23.3 Å². The Bertz CT molecular complexity index is 2280. The van der Waals surface area contributed by atoms with Crippen LogP contribution in [0.15, 0.2) is 97.3 Å². The number of rotatable bonds is 8. The number of aromatic nitrogens is 2. The Morgan fingerprint density at radius 1 is 0.660 bits per heavy atom. The van der Waals surface area contributed by atoms with Crippen LogP contribution in [0.5, 0.6) is 0 Å². The fraction of sp³-hybridized carbons (Fsp3) is 0.111. The summed E-state index contributed by atoms with van der Waals surface area (Å²) in [5.41, 5.74) is 6.45. The molecule has 0 bridgehead atoms. The number of hydrogen-bond donors (Lipinski definition) is 2. The predicted octanol–water partition coefficient (Wildman–Crippen LogP) is 9.61. The maximum absolute atomic E-state index is 12.0. The Balaban J connectivity index is 0.000000196. The molecule has 53 heavy (non-hydrogen) atoms. The van der Waals surface area contributed by atoms with E-state index in [4.69, 9.17) is 45.3 Å². The Kier molecular flexibility index (Phi) is 13.8. The van der Waals surface area contributed by atoms with Crippen LogP contribution >= 0.6 is 34.8 Å². The minimum atomic E-state index is -0.745. The topological polar surface area (TPSA) is 203 Å². The van der Waals surface area contributed by atoms with Crippen molar-refractivity contribution in [3.8, 4) is 0 Å². The zero-order valence-electron chi connectivity index (χ0n) is 27.9. The summed E-state index contributed by atoms with van der Waals surface area (Å²) in [5.74, 6) is -1.48. The minimum Gasteiger partial charge on any atom is -0.462 e. The van der Waals surface area contributed by atoms with Crippen LogP contribution in [0.25, 0.3) is 21.8 Å². The Labute approximate surface area is 316 Å². The van der Waals surface area contributed by atoms with Crippen molar-refractivity contribution >= 4 is 97.0 Å². The molecule has 0 aliphatic carbocycles. The number of pyridine rings is 2. The Morgan fingerprint density at radius 2 is 1.15 bits per heavy atom. The van der Waals surface area contributed by atoms with Crippen LogP contribution in [-0.4, -0.2) is 45.0 Å². The number of nitro benzene ring substituents is 2. The average Bonchev–Trinajstić information content (AvgIpc) is 3.13. The molecule has 272 valence electrons. The van der Waals surface area contributed by atoms with Gasteiger partial charge in [-0.25, -0.2) is 9.59 Å². The normalized spacial score (nSPS) is 10.3. The molecule has 0 fully saturated rings. The number of nitrogen functional groups attached to an aromatic ring is 1. The fourth-order valence-electron chi connectivity index (χ4n) is 4.85. The van der Waals surface area contributed by atoms with Crippen molar-refractivity contribution in [2.75, 3.05) is 24.3 Å². The first-order valence-corrected chi connectivity index (χ1v) is 16.7. The molecule has 0 atom stereocenters. The number of nitro groups is 2. The highest BCUT2D eigenvalue weighted by molar-refractivity contribution is 6.39. The van der Waals surface area contributed by atoms with Crippen molar-refractivity contribution in [1.29, 1.82) is 0 Å². The third-order valence-corrected chi connectivity index (χ3v) is 8.06. The first-order chi connectivity index (χ1) is 25.4. The minimum absolute atomic E-state index is 0.0504. The summed E-state index contributed by atoms with van der Waals surface area (Å²) in [5, 5.41) is 28.7. The molecule has 0 spiro atoms. The van der Waals surface area contributed by atoms with Crippen LogP contribution in [0, 0.1) is 20.2 Å². The van der Waals surface area contributed by atoms with E-state index in [1.54, 1.807) is 68.7 Å². The molecule has 0 aliphatic heterocycles. The molecule has 0 aliphatic rings. The van der Waals surface area contributed by atoms with Gasteiger partial charge in [0, 0.05) is 28.9 Å². The third kappa shape index (κ3) is 9.62. The first kappa shape index (κ1) is 39.7. The van der Waals surface area contributed by atoms with Gasteiger partial charge in [0.1, 0.15) is 22.5 Å². The highest BCUT2D eigenvalue weighted by Crippen LogP contribution is 2.35. The lowest BCUT2D eigenvalue weighted by Gasteiger charge is -2.12. The van der Waals surface area contributed by atoms with Crippen LogP contribution in [0.1, 0.15) is 34.6 Å². The number of anilines is 3. The Hall–Kier alpha value is -6.09. The number of ether oxygens (including phenoxy) is 2. The number of carbonyl (C=O) groups excluding carboxylic acids is 2. The molecule has 0 saturated heterocycles. The first-order valence-electron chi connectivity index (χ1n) is 15.5. The lowest BCUT2D eigenvalue weighted by Crippen LogP contribution is -2.09. The summed E-state index contributed by atoms with van der Waals surface area (Å²) in [7, 11) is 0. The maximum atomic E-state index is 12.0. The van der Waals surface area contributed by atoms with E-state index in [1.807, 2.05) is 12.1 Å². The molecular formula is C36H29Cl3N6O8. The molecule has 0 amide bonds. The maximum Gasteiger partial charge on any atom is 0.345 e. The van der Waals surface area contributed by atoms with Gasteiger partial charge in [-0.05, 0) is 62.4 Å². The SMILES string of the molecule is CCOC(=O)c1cccc(N)c1[N+](=O)[O-].CCOC(=O)c1cccc(Nc2ccnc3c(Cl)cccc23)c1[N+](=O)[O-].Clc1ccnc2c(Cl)cccc12. The second-order valence-electron chi connectivity index (χ2n) is 10.4. The van der Waals surface area contributed by atoms with Crippen LogP contribution in [0.4, 0.5) is 28.4 Å². The number of nitrogens with two attached hydrogens (primary N) is 1. The molecule has 2 aromatic heterocycles. The predicted molar refractivity (Wildman–Crippen MR) is 204 cm³/mol. The molecule has 0 radical (unpaired) electrons. The highest BCUT2D eigenvalue weighted by atomic mass is 35.5. The second kappa shape index (κ2) is 18.4. The van der Waals surface area contributed by atoms with E-state index in [1.165, 1.54) is 30.3 Å². The number of para-hydroxylation sites is 4. The third-order valence-electron chi connectivity index (χ3n) is 7.12. The molecule has 4 aromatic carbocycles.